The van der Waals surface area contributed by atoms with Crippen molar-refractivity contribution in [3.8, 4) is 0 Å². The molecule has 102 valence electrons. The summed E-state index contributed by atoms with van der Waals surface area (Å²) in [5, 5.41) is 1.84. The van der Waals surface area contributed by atoms with E-state index in [0.717, 1.165) is 31.3 Å². The van der Waals surface area contributed by atoms with Gasteiger partial charge in [-0.15, -0.1) is 0 Å². The average Bonchev–Trinajstić information content (AvgIpc) is 2.90. The number of hydrogen-bond acceptors (Lipinski definition) is 4. The Balaban J connectivity index is 1.71. The van der Waals surface area contributed by atoms with E-state index in [1.54, 1.807) is 0 Å². The van der Waals surface area contributed by atoms with E-state index in [0.29, 0.717) is 12.0 Å². The van der Waals surface area contributed by atoms with Crippen molar-refractivity contribution in [2.45, 2.75) is 39.2 Å². The van der Waals surface area contributed by atoms with Crippen LogP contribution in [0.15, 0.2) is 21.6 Å². The fourth-order valence-corrected chi connectivity index (χ4v) is 4.17. The van der Waals surface area contributed by atoms with E-state index >= 15 is 0 Å². The Morgan fingerprint density at radius 1 is 1.42 bits per heavy atom. The number of amidine groups is 1. The van der Waals surface area contributed by atoms with Crippen LogP contribution in [0, 0.1) is 17.3 Å². The lowest BCUT2D eigenvalue weighted by atomic mass is 9.76. The molecule has 0 aromatic rings. The highest BCUT2D eigenvalue weighted by molar-refractivity contribution is 6.07. The largest absolute Gasteiger partial charge is 0.296 e. The molecular formula is C15H22N4. The monoisotopic (exact) mass is 258 g/mol. The van der Waals surface area contributed by atoms with Gasteiger partial charge in [0.15, 0.2) is 0 Å². The number of hydrogen-bond donors (Lipinski definition) is 1. The maximum atomic E-state index is 6.07. The lowest BCUT2D eigenvalue weighted by molar-refractivity contribution is 0.443. The summed E-state index contributed by atoms with van der Waals surface area (Å²) in [5.74, 6) is 8.54. The molecule has 0 aromatic heterocycles. The zero-order chi connectivity index (χ0) is 13.2. The fraction of sp³-hybridized carbons (Fsp3) is 0.733. The highest BCUT2D eigenvalue weighted by atomic mass is 15.5. The van der Waals surface area contributed by atoms with Gasteiger partial charge in [-0.3, -0.25) is 15.0 Å². The molecule has 2 heterocycles. The molecule has 0 bridgehead atoms. The maximum Gasteiger partial charge on any atom is 0.125 e. The molecule has 0 spiro atoms. The summed E-state index contributed by atoms with van der Waals surface area (Å²) in [7, 11) is 0. The summed E-state index contributed by atoms with van der Waals surface area (Å²) >= 11 is 0. The first-order chi connectivity index (χ1) is 9.10. The number of aliphatic imine (C=N–C) groups is 2. The molecule has 4 rings (SSSR count). The first-order valence-corrected chi connectivity index (χ1v) is 7.47. The molecule has 0 radical (unpaired) electrons. The predicted octanol–water partition coefficient (Wildman–Crippen LogP) is 1.78. The Morgan fingerprint density at radius 2 is 2.26 bits per heavy atom. The highest BCUT2D eigenvalue weighted by Gasteiger charge is 2.61. The summed E-state index contributed by atoms with van der Waals surface area (Å²) in [6.45, 7) is 6.37. The number of dihydropyridines is 1. The number of allylic oxidation sites excluding steroid dienone is 1. The van der Waals surface area contributed by atoms with Gasteiger partial charge in [-0.25, -0.2) is 5.84 Å². The predicted molar refractivity (Wildman–Crippen MR) is 77.1 cm³/mol. The van der Waals surface area contributed by atoms with Gasteiger partial charge < -0.3 is 0 Å². The van der Waals surface area contributed by atoms with Gasteiger partial charge in [0.2, 0.25) is 0 Å². The lowest BCUT2D eigenvalue weighted by Crippen LogP contribution is -2.41. The van der Waals surface area contributed by atoms with Gasteiger partial charge in [-0.2, -0.15) is 0 Å². The molecule has 2 fully saturated rings. The molecular weight excluding hydrogens is 236 g/mol. The minimum Gasteiger partial charge on any atom is -0.296 e. The quantitative estimate of drug-likeness (QED) is 0.729. The molecule has 19 heavy (non-hydrogen) atoms. The molecule has 2 saturated carbocycles. The minimum absolute atomic E-state index is 0.0564. The van der Waals surface area contributed by atoms with Crippen LogP contribution in [0.5, 0.6) is 0 Å². The number of nitrogens with zero attached hydrogens (tertiary/aromatic N) is 3. The topological polar surface area (TPSA) is 54.0 Å². The van der Waals surface area contributed by atoms with Crippen LogP contribution in [0.25, 0.3) is 0 Å². The number of hydrazine groups is 1. The van der Waals surface area contributed by atoms with Gasteiger partial charge in [0.1, 0.15) is 5.84 Å². The van der Waals surface area contributed by atoms with Gasteiger partial charge in [0.05, 0.1) is 24.5 Å². The van der Waals surface area contributed by atoms with Crippen molar-refractivity contribution in [3.63, 3.8) is 0 Å². The van der Waals surface area contributed by atoms with E-state index < -0.39 is 0 Å². The van der Waals surface area contributed by atoms with E-state index in [1.807, 2.05) is 5.01 Å². The zero-order valence-electron chi connectivity index (χ0n) is 11.8. The van der Waals surface area contributed by atoms with Crippen LogP contribution in [0.4, 0.5) is 0 Å². The van der Waals surface area contributed by atoms with E-state index in [9.17, 15) is 0 Å². The Morgan fingerprint density at radius 3 is 3.00 bits per heavy atom. The van der Waals surface area contributed by atoms with Crippen molar-refractivity contribution in [3.05, 3.63) is 11.6 Å². The molecule has 0 aromatic carbocycles. The van der Waals surface area contributed by atoms with Crippen LogP contribution in [-0.4, -0.2) is 35.7 Å². The van der Waals surface area contributed by atoms with E-state index in [4.69, 9.17) is 10.8 Å². The summed E-state index contributed by atoms with van der Waals surface area (Å²) in [5.41, 5.74) is 2.90. The molecule has 4 heteroatoms. The minimum atomic E-state index is 0.0564. The fourth-order valence-electron chi connectivity index (χ4n) is 4.17. The smallest absolute Gasteiger partial charge is 0.125 e. The third-order valence-corrected chi connectivity index (χ3v) is 5.10. The summed E-state index contributed by atoms with van der Waals surface area (Å²) < 4.78 is 0. The van der Waals surface area contributed by atoms with Crippen molar-refractivity contribution in [2.24, 2.45) is 33.1 Å². The molecule has 3 unspecified atom stereocenters. The molecule has 4 aliphatic rings. The molecule has 0 amide bonds. The second-order valence-corrected chi connectivity index (χ2v) is 6.79. The summed E-state index contributed by atoms with van der Waals surface area (Å²) in [4.78, 5) is 9.66. The summed E-state index contributed by atoms with van der Waals surface area (Å²) in [6.07, 6.45) is 6.03. The van der Waals surface area contributed by atoms with E-state index in [1.165, 1.54) is 24.1 Å². The SMILES string of the molecule is CC1CC2=CC3(C4=NCCN4N)C[C@H]3N=C2C(C)C1. The zero-order valence-corrected chi connectivity index (χ0v) is 11.8. The summed E-state index contributed by atoms with van der Waals surface area (Å²) in [6, 6.07) is 0.407. The average molecular weight is 258 g/mol. The standard InChI is InChI=1S/C15H22N4/c1-9-5-10(2)13-11(6-9)7-15(8-12(15)18-13)14-17-3-4-19(14)16/h7,9-10,12H,3-6,8,16H2,1-2H3/t9?,10?,12-,15?/m1/s1. The highest BCUT2D eigenvalue weighted by Crippen LogP contribution is 2.56. The van der Waals surface area contributed by atoms with E-state index in [2.05, 4.69) is 24.9 Å². The number of fused-ring (bicyclic) bond motifs is 2. The molecule has 2 N–H and O–H groups in total. The Bertz CT molecular complexity index is 518. The second-order valence-electron chi connectivity index (χ2n) is 6.79. The van der Waals surface area contributed by atoms with Gasteiger partial charge in [-0.05, 0) is 36.7 Å². The van der Waals surface area contributed by atoms with Crippen molar-refractivity contribution in [2.75, 3.05) is 13.1 Å². The van der Waals surface area contributed by atoms with Gasteiger partial charge in [0.25, 0.3) is 0 Å². The van der Waals surface area contributed by atoms with Crippen LogP contribution < -0.4 is 5.84 Å². The van der Waals surface area contributed by atoms with Crippen LogP contribution in [0.2, 0.25) is 0 Å². The molecule has 4 atom stereocenters. The first kappa shape index (κ1) is 11.6. The van der Waals surface area contributed by atoms with Crippen molar-refractivity contribution in [1.29, 1.82) is 0 Å². The van der Waals surface area contributed by atoms with Crippen molar-refractivity contribution in [1.82, 2.24) is 5.01 Å². The lowest BCUT2D eigenvalue weighted by Gasteiger charge is -2.33. The van der Waals surface area contributed by atoms with Crippen molar-refractivity contribution >= 4 is 11.5 Å². The van der Waals surface area contributed by atoms with Crippen LogP contribution in [-0.2, 0) is 0 Å². The number of nitrogens with two attached hydrogens (primary N) is 1. The molecule has 0 saturated heterocycles. The van der Waals surface area contributed by atoms with Crippen LogP contribution >= 0.6 is 0 Å². The molecule has 2 aliphatic heterocycles. The first-order valence-electron chi connectivity index (χ1n) is 7.47. The van der Waals surface area contributed by atoms with Crippen LogP contribution in [0.1, 0.15) is 33.1 Å². The van der Waals surface area contributed by atoms with E-state index in [-0.39, 0.29) is 5.41 Å². The third kappa shape index (κ3) is 1.55. The Hall–Kier alpha value is -1.16. The third-order valence-electron chi connectivity index (χ3n) is 5.10. The normalized spacial score (nSPS) is 44.1. The van der Waals surface area contributed by atoms with Crippen molar-refractivity contribution < 1.29 is 0 Å². The molecule has 2 aliphatic carbocycles. The molecule has 4 nitrogen and oxygen atoms in total. The van der Waals surface area contributed by atoms with Crippen LogP contribution in [0.3, 0.4) is 0 Å². The second kappa shape index (κ2) is 3.69. The Labute approximate surface area is 114 Å². The maximum absolute atomic E-state index is 6.07. The Kier molecular flexibility index (Phi) is 2.26. The van der Waals surface area contributed by atoms with Gasteiger partial charge >= 0.3 is 0 Å². The number of rotatable bonds is 1. The van der Waals surface area contributed by atoms with Gasteiger partial charge in [-0.1, -0.05) is 19.9 Å². The van der Waals surface area contributed by atoms with Gasteiger partial charge in [0, 0.05) is 5.71 Å².